The number of hydrogen-bond donors (Lipinski definition) is 1. The zero-order valence-electron chi connectivity index (χ0n) is 17.4. The van der Waals surface area contributed by atoms with Crippen molar-refractivity contribution in [2.45, 2.75) is 38.6 Å². The summed E-state index contributed by atoms with van der Waals surface area (Å²) in [5.41, 5.74) is 0.494. The summed E-state index contributed by atoms with van der Waals surface area (Å²) in [6, 6.07) is 8.19. The third kappa shape index (κ3) is 4.76. The lowest BCUT2D eigenvalue weighted by atomic mass is 9.74. The number of nitrogens with zero attached hydrogens (tertiary/aromatic N) is 2. The van der Waals surface area contributed by atoms with Crippen LogP contribution in [0.5, 0.6) is 5.75 Å². The number of carboxylic acids is 1. The molecule has 0 amide bonds. The van der Waals surface area contributed by atoms with E-state index < -0.39 is 11.4 Å². The lowest BCUT2D eigenvalue weighted by Crippen LogP contribution is -2.44. The Bertz CT molecular complexity index is 691. The second kappa shape index (κ2) is 9.45. The van der Waals surface area contributed by atoms with E-state index in [9.17, 15) is 9.90 Å². The van der Waals surface area contributed by atoms with Gasteiger partial charge in [-0.15, -0.1) is 0 Å². The monoisotopic (exact) mass is 402 g/mol. The van der Waals surface area contributed by atoms with Gasteiger partial charge in [0.25, 0.3) is 0 Å². The van der Waals surface area contributed by atoms with Crippen molar-refractivity contribution >= 4 is 5.97 Å². The molecule has 0 unspecified atom stereocenters. The maximum absolute atomic E-state index is 12.0. The molecule has 0 aliphatic carbocycles. The van der Waals surface area contributed by atoms with Gasteiger partial charge in [-0.05, 0) is 44.8 Å². The molecule has 29 heavy (non-hydrogen) atoms. The molecule has 3 aliphatic heterocycles. The van der Waals surface area contributed by atoms with Gasteiger partial charge < -0.3 is 19.5 Å². The van der Waals surface area contributed by atoms with Crippen LogP contribution in [-0.4, -0.2) is 73.4 Å². The Hall–Kier alpha value is -1.63. The number of ether oxygens (including phenoxy) is 2. The number of hydrogen-bond acceptors (Lipinski definition) is 5. The summed E-state index contributed by atoms with van der Waals surface area (Å²) >= 11 is 0. The van der Waals surface area contributed by atoms with Crippen LogP contribution in [0.2, 0.25) is 0 Å². The molecule has 0 saturated carbocycles. The molecule has 3 saturated heterocycles. The fraction of sp³-hybridized carbons (Fsp3) is 0.696. The minimum absolute atomic E-state index is 0.0753. The van der Waals surface area contributed by atoms with Crippen molar-refractivity contribution in [1.82, 2.24) is 9.80 Å². The Balaban J connectivity index is 1.32. The first-order chi connectivity index (χ1) is 14.2. The van der Waals surface area contributed by atoms with Crippen LogP contribution < -0.4 is 4.74 Å². The molecule has 4 rings (SSSR count). The highest BCUT2D eigenvalue weighted by Crippen LogP contribution is 2.43. The molecule has 3 heterocycles. The van der Waals surface area contributed by atoms with Gasteiger partial charge in [-0.2, -0.15) is 0 Å². The molecule has 6 heteroatoms. The van der Waals surface area contributed by atoms with Crippen LogP contribution in [0, 0.1) is 11.3 Å². The van der Waals surface area contributed by atoms with Crippen molar-refractivity contribution < 1.29 is 19.4 Å². The summed E-state index contributed by atoms with van der Waals surface area (Å²) < 4.78 is 11.7. The van der Waals surface area contributed by atoms with Crippen molar-refractivity contribution in [2.24, 2.45) is 11.3 Å². The number of carbonyl (C=O) groups is 1. The van der Waals surface area contributed by atoms with Gasteiger partial charge in [0.05, 0.1) is 18.6 Å². The smallest absolute Gasteiger partial charge is 0.311 e. The van der Waals surface area contributed by atoms with Crippen molar-refractivity contribution in [2.75, 3.05) is 52.5 Å². The minimum atomic E-state index is -0.671. The Morgan fingerprint density at radius 2 is 2.03 bits per heavy atom. The SMILES string of the molecule is O=C(O)[C@]12CCOC[C@H]1CN(Cc1ccccc1OCCCN1CCCCC1)C2. The predicted molar refractivity (Wildman–Crippen MR) is 111 cm³/mol. The Kier molecular flexibility index (Phi) is 6.73. The van der Waals surface area contributed by atoms with E-state index in [1.54, 1.807) is 0 Å². The topological polar surface area (TPSA) is 62.2 Å². The van der Waals surface area contributed by atoms with Gasteiger partial charge in [0.2, 0.25) is 0 Å². The van der Waals surface area contributed by atoms with Crippen molar-refractivity contribution in [3.8, 4) is 5.75 Å². The van der Waals surface area contributed by atoms with Crippen LogP contribution in [0.15, 0.2) is 24.3 Å². The molecule has 1 N–H and O–H groups in total. The van der Waals surface area contributed by atoms with Gasteiger partial charge in [0.15, 0.2) is 0 Å². The Morgan fingerprint density at radius 3 is 2.83 bits per heavy atom. The number of piperidine rings is 1. The third-order valence-corrected chi connectivity index (χ3v) is 6.89. The minimum Gasteiger partial charge on any atom is -0.493 e. The van der Waals surface area contributed by atoms with E-state index in [1.165, 1.54) is 32.4 Å². The van der Waals surface area contributed by atoms with Crippen molar-refractivity contribution in [1.29, 1.82) is 0 Å². The molecule has 0 spiro atoms. The largest absolute Gasteiger partial charge is 0.493 e. The molecule has 0 radical (unpaired) electrons. The highest BCUT2D eigenvalue weighted by Gasteiger charge is 2.53. The molecule has 3 fully saturated rings. The molecule has 160 valence electrons. The van der Waals surface area contributed by atoms with E-state index in [-0.39, 0.29) is 5.92 Å². The van der Waals surface area contributed by atoms with Crippen LogP contribution in [0.25, 0.3) is 0 Å². The molecule has 2 atom stereocenters. The molecule has 0 aromatic heterocycles. The normalized spacial score (nSPS) is 28.2. The molecule has 1 aromatic rings. The van der Waals surface area contributed by atoms with Gasteiger partial charge in [-0.1, -0.05) is 24.6 Å². The summed E-state index contributed by atoms with van der Waals surface area (Å²) in [5.74, 6) is 0.337. The van der Waals surface area contributed by atoms with E-state index in [1.807, 2.05) is 18.2 Å². The second-order valence-corrected chi connectivity index (χ2v) is 8.86. The fourth-order valence-electron chi connectivity index (χ4n) is 5.19. The molecule has 1 aromatic carbocycles. The van der Waals surface area contributed by atoms with Gasteiger partial charge in [-0.3, -0.25) is 9.69 Å². The molecular formula is C23H34N2O4. The second-order valence-electron chi connectivity index (χ2n) is 8.86. The van der Waals surface area contributed by atoms with Crippen LogP contribution in [-0.2, 0) is 16.1 Å². The zero-order chi connectivity index (χ0) is 20.1. The van der Waals surface area contributed by atoms with Crippen molar-refractivity contribution in [3.05, 3.63) is 29.8 Å². The Labute approximate surface area is 173 Å². The predicted octanol–water partition coefficient (Wildman–Crippen LogP) is 2.86. The van der Waals surface area contributed by atoms with E-state index in [0.717, 1.165) is 44.0 Å². The van der Waals surface area contributed by atoms with E-state index in [4.69, 9.17) is 9.47 Å². The zero-order valence-corrected chi connectivity index (χ0v) is 17.4. The summed E-state index contributed by atoms with van der Waals surface area (Å²) in [7, 11) is 0. The van der Waals surface area contributed by atoms with E-state index in [0.29, 0.717) is 26.2 Å². The first-order valence-electron chi connectivity index (χ1n) is 11.1. The van der Waals surface area contributed by atoms with E-state index >= 15 is 0 Å². The number of rotatable bonds is 8. The van der Waals surface area contributed by atoms with Gasteiger partial charge in [0.1, 0.15) is 5.75 Å². The number of para-hydroxylation sites is 1. The number of carboxylic acid groups (broad SMARTS) is 1. The standard InChI is InChI=1S/C23H34N2O4/c26-22(27)23-9-14-28-17-20(23)16-25(18-23)15-19-7-2-3-8-21(19)29-13-6-12-24-10-4-1-5-11-24/h2-3,7-8,20H,1,4-6,9-18H2,(H,26,27)/t20-,23+/m1/s1. The molecule has 3 aliphatic rings. The molecule has 0 bridgehead atoms. The number of likely N-dealkylation sites (tertiary alicyclic amines) is 2. The first kappa shape index (κ1) is 20.6. The molecular weight excluding hydrogens is 368 g/mol. The third-order valence-electron chi connectivity index (χ3n) is 6.89. The molecule has 6 nitrogen and oxygen atoms in total. The summed E-state index contributed by atoms with van der Waals surface area (Å²) in [6.45, 7) is 7.48. The van der Waals surface area contributed by atoms with Gasteiger partial charge >= 0.3 is 5.97 Å². The van der Waals surface area contributed by atoms with Crippen LogP contribution >= 0.6 is 0 Å². The highest BCUT2D eigenvalue weighted by atomic mass is 16.5. The number of fused-ring (bicyclic) bond motifs is 1. The number of aliphatic carboxylic acids is 1. The van der Waals surface area contributed by atoms with Crippen molar-refractivity contribution in [3.63, 3.8) is 0 Å². The summed E-state index contributed by atoms with van der Waals surface area (Å²) in [6.07, 6.45) is 5.66. The average molecular weight is 403 g/mol. The van der Waals surface area contributed by atoms with E-state index in [2.05, 4.69) is 15.9 Å². The first-order valence-corrected chi connectivity index (χ1v) is 11.1. The highest BCUT2D eigenvalue weighted by molar-refractivity contribution is 5.76. The maximum Gasteiger partial charge on any atom is 0.311 e. The average Bonchev–Trinajstić information content (AvgIpc) is 3.12. The quantitative estimate of drug-likeness (QED) is 0.675. The lowest BCUT2D eigenvalue weighted by Gasteiger charge is -2.34. The summed E-state index contributed by atoms with van der Waals surface area (Å²) in [5, 5.41) is 9.88. The van der Waals surface area contributed by atoms with Crippen LogP contribution in [0.3, 0.4) is 0 Å². The number of benzene rings is 1. The maximum atomic E-state index is 12.0. The summed E-state index contributed by atoms with van der Waals surface area (Å²) in [4.78, 5) is 16.8. The van der Waals surface area contributed by atoms with Gasteiger partial charge in [-0.25, -0.2) is 0 Å². The van der Waals surface area contributed by atoms with Gasteiger partial charge in [0, 0.05) is 44.3 Å². The fourth-order valence-corrected chi connectivity index (χ4v) is 5.19. The van der Waals surface area contributed by atoms with Crippen LogP contribution in [0.4, 0.5) is 0 Å². The Morgan fingerprint density at radius 1 is 1.21 bits per heavy atom. The van der Waals surface area contributed by atoms with Crippen LogP contribution in [0.1, 0.15) is 37.7 Å². The lowest BCUT2D eigenvalue weighted by molar-refractivity contribution is -0.157.